The van der Waals surface area contributed by atoms with Gasteiger partial charge in [-0.3, -0.25) is 9.59 Å². The molecule has 0 bridgehead atoms. The number of piperidine rings is 2. The lowest BCUT2D eigenvalue weighted by atomic mass is 9.79. The molecule has 8 nitrogen and oxygen atoms in total. The number of nitrogens with zero attached hydrogens (tertiary/aromatic N) is 3. The van der Waals surface area contributed by atoms with Crippen LogP contribution in [0.4, 0.5) is 17.2 Å². The van der Waals surface area contributed by atoms with Gasteiger partial charge in [-0.25, -0.2) is 4.98 Å². The predicted molar refractivity (Wildman–Crippen MR) is 172 cm³/mol. The van der Waals surface area contributed by atoms with Gasteiger partial charge in [0.15, 0.2) is 0 Å². The monoisotopic (exact) mass is 582 g/mol. The van der Waals surface area contributed by atoms with Gasteiger partial charge in [-0.05, 0) is 79.3 Å². The van der Waals surface area contributed by atoms with Crippen LogP contribution >= 0.6 is 11.8 Å². The molecule has 3 atom stereocenters. The number of fused-ring (bicyclic) bond motifs is 1. The van der Waals surface area contributed by atoms with E-state index >= 15 is 0 Å². The van der Waals surface area contributed by atoms with E-state index in [0.29, 0.717) is 22.8 Å². The van der Waals surface area contributed by atoms with Crippen LogP contribution in [0, 0.1) is 17.3 Å². The lowest BCUT2D eigenvalue weighted by Crippen LogP contribution is -2.41. The van der Waals surface area contributed by atoms with Gasteiger partial charge in [-0.15, -0.1) is 11.8 Å². The Morgan fingerprint density at radius 1 is 1.22 bits per heavy atom. The summed E-state index contributed by atoms with van der Waals surface area (Å²) in [4.78, 5) is 31.6. The standard InChI is InChI=1S/C14H18N2OS.C9H13N3O.C9H19N/c1-10-2-4-13(16(7-10)9-17)11-3-5-14-12(6-11)15-8-18-14;1-3-7-4-8(12-6(2)13)5-11-9(7)10;1-8-5-9(2,3)7-10(4)6-8/h3,5-6,9-10,13,15H,2,4,7-8H2,1H3;4-5H,3H2,1-2H3,(H2,10,11)(H,12,13);8H,5-7H2,1-4H3/t10?,13-;;8-/m1.1/s1. The lowest BCUT2D eigenvalue weighted by molar-refractivity contribution is -0.122. The van der Waals surface area contributed by atoms with E-state index < -0.39 is 0 Å². The van der Waals surface area contributed by atoms with Gasteiger partial charge in [-0.2, -0.15) is 0 Å². The van der Waals surface area contributed by atoms with Crippen molar-refractivity contribution in [2.45, 2.75) is 78.2 Å². The van der Waals surface area contributed by atoms with Crippen molar-refractivity contribution in [3.8, 4) is 0 Å². The lowest BCUT2D eigenvalue weighted by Gasteiger charge is -2.39. The first kappa shape index (κ1) is 32.7. The molecule has 1 aromatic heterocycles. The zero-order valence-corrected chi connectivity index (χ0v) is 26.8. The van der Waals surface area contributed by atoms with Crippen LogP contribution in [-0.2, 0) is 16.0 Å². The fourth-order valence-electron chi connectivity index (χ4n) is 6.35. The number of likely N-dealkylation sites (tertiary alicyclic amines) is 2. The zero-order valence-electron chi connectivity index (χ0n) is 26.0. The molecule has 2 fully saturated rings. The molecule has 2 saturated heterocycles. The van der Waals surface area contributed by atoms with Crippen molar-refractivity contribution < 1.29 is 9.59 Å². The normalized spacial score (nSPS) is 23.1. The Labute approximate surface area is 251 Å². The fraction of sp³-hybridized carbons (Fsp3) is 0.594. The van der Waals surface area contributed by atoms with Gasteiger partial charge in [0.05, 0.1) is 23.8 Å². The van der Waals surface area contributed by atoms with E-state index in [2.05, 4.69) is 73.5 Å². The Morgan fingerprint density at radius 2 is 1.98 bits per heavy atom. The minimum Gasteiger partial charge on any atom is -0.383 e. The van der Waals surface area contributed by atoms with Crippen LogP contribution in [0.5, 0.6) is 0 Å². The highest BCUT2D eigenvalue weighted by Crippen LogP contribution is 2.39. The minimum atomic E-state index is -0.103. The van der Waals surface area contributed by atoms with E-state index in [1.54, 1.807) is 6.20 Å². The molecule has 3 aliphatic rings. The number of anilines is 3. The van der Waals surface area contributed by atoms with Gasteiger partial charge in [0.25, 0.3) is 0 Å². The van der Waals surface area contributed by atoms with Crippen LogP contribution < -0.4 is 16.4 Å². The van der Waals surface area contributed by atoms with Crippen LogP contribution in [0.25, 0.3) is 0 Å². The van der Waals surface area contributed by atoms with Crippen LogP contribution in [0.2, 0.25) is 0 Å². The number of rotatable bonds is 4. The average Bonchev–Trinajstić information content (AvgIpc) is 3.37. The number of aromatic nitrogens is 1. The van der Waals surface area contributed by atoms with Gasteiger partial charge in [0, 0.05) is 37.1 Å². The Kier molecular flexibility index (Phi) is 11.9. The molecule has 4 heterocycles. The number of hydrogen-bond donors (Lipinski definition) is 3. The first-order valence-corrected chi connectivity index (χ1v) is 15.8. The Morgan fingerprint density at radius 3 is 2.61 bits per heavy atom. The minimum absolute atomic E-state index is 0.103. The van der Waals surface area contributed by atoms with Gasteiger partial charge >= 0.3 is 0 Å². The number of pyridine rings is 1. The molecular formula is C32H50N6O2S. The first-order chi connectivity index (χ1) is 19.4. The van der Waals surface area contributed by atoms with Crippen molar-refractivity contribution in [2.24, 2.45) is 17.3 Å². The van der Waals surface area contributed by atoms with Gasteiger partial charge < -0.3 is 26.2 Å². The zero-order chi connectivity index (χ0) is 30.2. The summed E-state index contributed by atoms with van der Waals surface area (Å²) in [6.45, 7) is 16.2. The molecule has 41 heavy (non-hydrogen) atoms. The van der Waals surface area contributed by atoms with E-state index in [1.165, 1.54) is 49.0 Å². The maximum absolute atomic E-state index is 11.2. The van der Waals surface area contributed by atoms with E-state index in [-0.39, 0.29) is 11.9 Å². The van der Waals surface area contributed by atoms with Crippen molar-refractivity contribution in [1.82, 2.24) is 14.8 Å². The Bertz CT molecular complexity index is 1160. The summed E-state index contributed by atoms with van der Waals surface area (Å²) in [7, 11) is 2.22. The third-order valence-electron chi connectivity index (χ3n) is 7.79. The summed E-state index contributed by atoms with van der Waals surface area (Å²) in [5, 5.41) is 6.03. The number of carbonyl (C=O) groups excluding carboxylic acids is 2. The summed E-state index contributed by atoms with van der Waals surface area (Å²) < 4.78 is 0. The number of nitrogen functional groups attached to an aromatic ring is 1. The van der Waals surface area contributed by atoms with Crippen LogP contribution in [0.15, 0.2) is 35.4 Å². The van der Waals surface area contributed by atoms with Crippen LogP contribution in [0.1, 0.15) is 78.0 Å². The van der Waals surface area contributed by atoms with Crippen LogP contribution in [-0.4, -0.2) is 59.7 Å². The molecular weight excluding hydrogens is 532 g/mol. The fourth-order valence-corrected chi connectivity index (χ4v) is 7.18. The number of thioether (sulfide) groups is 1. The topological polar surface area (TPSA) is 104 Å². The smallest absolute Gasteiger partial charge is 0.221 e. The van der Waals surface area contributed by atoms with E-state index in [4.69, 9.17) is 5.73 Å². The largest absolute Gasteiger partial charge is 0.383 e. The summed E-state index contributed by atoms with van der Waals surface area (Å²) >= 11 is 1.84. The number of nitrogens with one attached hydrogen (secondary N) is 2. The molecule has 2 amide bonds. The number of aryl methyl sites for hydroxylation is 1. The predicted octanol–water partition coefficient (Wildman–Crippen LogP) is 6.26. The second-order valence-electron chi connectivity index (χ2n) is 12.7. The number of nitrogens with two attached hydrogens (primary N) is 1. The molecule has 1 aromatic carbocycles. The van der Waals surface area contributed by atoms with Crippen molar-refractivity contribution in [3.05, 3.63) is 41.6 Å². The molecule has 4 N–H and O–H groups in total. The molecule has 0 saturated carbocycles. The number of benzene rings is 1. The number of carbonyl (C=O) groups is 2. The third kappa shape index (κ3) is 9.92. The maximum Gasteiger partial charge on any atom is 0.221 e. The van der Waals surface area contributed by atoms with Crippen molar-refractivity contribution >= 4 is 41.3 Å². The summed E-state index contributed by atoms with van der Waals surface area (Å²) in [5.41, 5.74) is 10.3. The number of hydrogen-bond acceptors (Lipinski definition) is 7. The molecule has 0 spiro atoms. The highest BCUT2D eigenvalue weighted by molar-refractivity contribution is 7.99. The molecule has 9 heteroatoms. The average molecular weight is 583 g/mol. The number of amides is 2. The van der Waals surface area contributed by atoms with Crippen LogP contribution in [0.3, 0.4) is 0 Å². The second-order valence-corrected chi connectivity index (χ2v) is 13.7. The molecule has 0 radical (unpaired) electrons. The molecule has 226 valence electrons. The highest BCUT2D eigenvalue weighted by Gasteiger charge is 2.28. The van der Waals surface area contributed by atoms with E-state index in [1.807, 2.05) is 29.7 Å². The summed E-state index contributed by atoms with van der Waals surface area (Å²) in [6.07, 6.45) is 7.04. The maximum atomic E-state index is 11.2. The highest BCUT2D eigenvalue weighted by atomic mass is 32.2. The third-order valence-corrected chi connectivity index (χ3v) is 8.75. The van der Waals surface area contributed by atoms with Crippen molar-refractivity contribution in [1.29, 1.82) is 0 Å². The molecule has 5 rings (SSSR count). The first-order valence-electron chi connectivity index (χ1n) is 14.8. The van der Waals surface area contributed by atoms with Gasteiger partial charge in [0.2, 0.25) is 12.3 Å². The second kappa shape index (κ2) is 14.9. The van der Waals surface area contributed by atoms with E-state index in [9.17, 15) is 9.59 Å². The molecule has 2 aromatic rings. The molecule has 1 unspecified atom stereocenters. The van der Waals surface area contributed by atoms with E-state index in [0.717, 1.165) is 43.2 Å². The van der Waals surface area contributed by atoms with Gasteiger partial charge in [-0.1, -0.05) is 40.7 Å². The van der Waals surface area contributed by atoms with Gasteiger partial charge in [0.1, 0.15) is 5.82 Å². The quantitative estimate of drug-likeness (QED) is 0.366. The molecule has 0 aliphatic carbocycles. The molecule has 3 aliphatic heterocycles. The Balaban J connectivity index is 0.000000178. The van der Waals surface area contributed by atoms with Crippen molar-refractivity contribution in [2.75, 3.05) is 48.9 Å². The summed E-state index contributed by atoms with van der Waals surface area (Å²) in [6, 6.07) is 8.67. The van der Waals surface area contributed by atoms with Crippen molar-refractivity contribution in [3.63, 3.8) is 0 Å². The Hall–Kier alpha value is -2.78. The SMILES string of the molecule is CC1CC[C@H](c2ccc3c(c2)NCS3)N(C=O)C1.CCc1cc(NC(C)=O)cnc1N.C[C@H]1CN(C)CC(C)(C)C1. The summed E-state index contributed by atoms with van der Waals surface area (Å²) in [5.74, 6) is 2.88.